The second kappa shape index (κ2) is 7.43. The fourth-order valence-corrected chi connectivity index (χ4v) is 4.03. The third kappa shape index (κ3) is 3.65. The van der Waals surface area contributed by atoms with Crippen molar-refractivity contribution in [2.45, 2.75) is 32.4 Å². The predicted molar refractivity (Wildman–Crippen MR) is 107 cm³/mol. The highest BCUT2D eigenvalue weighted by Crippen LogP contribution is 2.24. The number of aromatic nitrogens is 2. The molecule has 0 saturated carbocycles. The van der Waals surface area contributed by atoms with Crippen LogP contribution >= 0.6 is 15.9 Å². The molecule has 1 fully saturated rings. The minimum absolute atomic E-state index is 0.187. The summed E-state index contributed by atoms with van der Waals surface area (Å²) in [6.07, 6.45) is 5.27. The quantitative estimate of drug-likeness (QED) is 0.707. The molecule has 1 aliphatic heterocycles. The first-order valence-corrected chi connectivity index (χ1v) is 9.76. The number of halogens is 1. The van der Waals surface area contributed by atoms with Crippen molar-refractivity contribution in [2.75, 3.05) is 13.1 Å². The number of rotatable bonds is 4. The Morgan fingerprint density at radius 3 is 2.96 bits per heavy atom. The standard InChI is InChI=1S/C21H22BrN3O/c1-14-16(3-2-4-19(14)22)10-20-21-17(5-7-23-20)9-15(11-24-21)12-25-8-6-18(26)13-25/h2-5,7,9,11,18,26H,6,8,10,12-13H2,1H3/t18-/m1/s1. The first-order chi connectivity index (χ1) is 12.6. The Labute approximate surface area is 162 Å². The first kappa shape index (κ1) is 17.6. The minimum atomic E-state index is -0.187. The summed E-state index contributed by atoms with van der Waals surface area (Å²) in [5.74, 6) is 0. The van der Waals surface area contributed by atoms with Crippen LogP contribution in [0, 0.1) is 6.92 Å². The molecule has 1 aromatic carbocycles. The van der Waals surface area contributed by atoms with E-state index >= 15 is 0 Å². The summed E-state index contributed by atoms with van der Waals surface area (Å²) >= 11 is 3.61. The average Bonchev–Trinajstić information content (AvgIpc) is 3.04. The topological polar surface area (TPSA) is 49.2 Å². The highest BCUT2D eigenvalue weighted by molar-refractivity contribution is 9.10. The highest BCUT2D eigenvalue weighted by atomic mass is 79.9. The third-order valence-electron chi connectivity index (χ3n) is 5.12. The van der Waals surface area contributed by atoms with Crippen LogP contribution in [0.1, 0.15) is 28.8 Å². The number of fused-ring (bicyclic) bond motifs is 1. The number of aliphatic hydroxyl groups excluding tert-OH is 1. The van der Waals surface area contributed by atoms with Crippen molar-refractivity contribution in [2.24, 2.45) is 0 Å². The van der Waals surface area contributed by atoms with Crippen LogP contribution in [0.2, 0.25) is 0 Å². The van der Waals surface area contributed by atoms with Crippen LogP contribution in [-0.4, -0.2) is 39.2 Å². The monoisotopic (exact) mass is 411 g/mol. The summed E-state index contributed by atoms with van der Waals surface area (Å²) in [6.45, 7) is 4.66. The maximum absolute atomic E-state index is 9.70. The Hall–Kier alpha value is -1.82. The molecular formula is C21H22BrN3O. The lowest BCUT2D eigenvalue weighted by Crippen LogP contribution is -2.21. The van der Waals surface area contributed by atoms with E-state index in [0.29, 0.717) is 0 Å². The number of nitrogens with zero attached hydrogens (tertiary/aromatic N) is 3. The van der Waals surface area contributed by atoms with Crippen molar-refractivity contribution in [1.29, 1.82) is 0 Å². The largest absolute Gasteiger partial charge is 0.392 e. The van der Waals surface area contributed by atoms with Crippen LogP contribution < -0.4 is 0 Å². The van der Waals surface area contributed by atoms with E-state index in [2.05, 4.69) is 57.0 Å². The van der Waals surface area contributed by atoms with E-state index in [-0.39, 0.29) is 6.10 Å². The molecule has 1 saturated heterocycles. The van der Waals surface area contributed by atoms with Crippen LogP contribution in [0.5, 0.6) is 0 Å². The van der Waals surface area contributed by atoms with Gasteiger partial charge in [-0.2, -0.15) is 0 Å². The number of hydrogen-bond donors (Lipinski definition) is 1. The molecular weight excluding hydrogens is 390 g/mol. The number of benzene rings is 1. The molecule has 0 radical (unpaired) electrons. The van der Waals surface area contributed by atoms with Gasteiger partial charge in [-0.05, 0) is 48.2 Å². The van der Waals surface area contributed by atoms with Crippen LogP contribution in [-0.2, 0) is 13.0 Å². The molecule has 3 heterocycles. The van der Waals surface area contributed by atoms with Crippen molar-refractivity contribution in [3.05, 3.63) is 69.6 Å². The molecule has 4 nitrogen and oxygen atoms in total. The highest BCUT2D eigenvalue weighted by Gasteiger charge is 2.20. The fourth-order valence-electron chi connectivity index (χ4n) is 3.62. The van der Waals surface area contributed by atoms with Crippen molar-refractivity contribution in [3.8, 4) is 0 Å². The molecule has 0 amide bonds. The molecule has 2 aromatic heterocycles. The van der Waals surface area contributed by atoms with Gasteiger partial charge in [0.2, 0.25) is 0 Å². The van der Waals surface area contributed by atoms with Gasteiger partial charge in [0.25, 0.3) is 0 Å². The summed E-state index contributed by atoms with van der Waals surface area (Å²) in [6, 6.07) is 10.5. The van der Waals surface area contributed by atoms with Gasteiger partial charge in [-0.3, -0.25) is 14.9 Å². The van der Waals surface area contributed by atoms with E-state index in [9.17, 15) is 5.11 Å². The van der Waals surface area contributed by atoms with E-state index in [1.807, 2.05) is 18.5 Å². The lowest BCUT2D eigenvalue weighted by molar-refractivity contribution is 0.175. The van der Waals surface area contributed by atoms with E-state index in [1.165, 1.54) is 16.7 Å². The SMILES string of the molecule is Cc1c(Br)cccc1Cc1nccc2cc(CN3CC[C@@H](O)C3)cnc12. The van der Waals surface area contributed by atoms with Gasteiger partial charge in [-0.1, -0.05) is 28.1 Å². The maximum atomic E-state index is 9.70. The zero-order chi connectivity index (χ0) is 18.1. The second-order valence-electron chi connectivity index (χ2n) is 7.05. The normalized spacial score (nSPS) is 17.9. The molecule has 26 heavy (non-hydrogen) atoms. The van der Waals surface area contributed by atoms with E-state index < -0.39 is 0 Å². The van der Waals surface area contributed by atoms with Crippen molar-refractivity contribution < 1.29 is 5.11 Å². The zero-order valence-corrected chi connectivity index (χ0v) is 16.4. The molecule has 0 aliphatic carbocycles. The number of likely N-dealkylation sites (tertiary alicyclic amines) is 1. The third-order valence-corrected chi connectivity index (χ3v) is 5.98. The second-order valence-corrected chi connectivity index (χ2v) is 7.91. The lowest BCUT2D eigenvalue weighted by atomic mass is 10.0. The molecule has 1 N–H and O–H groups in total. The van der Waals surface area contributed by atoms with Gasteiger partial charge < -0.3 is 5.11 Å². The van der Waals surface area contributed by atoms with E-state index in [1.54, 1.807) is 0 Å². The van der Waals surface area contributed by atoms with Crippen molar-refractivity contribution >= 4 is 26.8 Å². The first-order valence-electron chi connectivity index (χ1n) is 8.97. The van der Waals surface area contributed by atoms with Gasteiger partial charge in [0, 0.05) is 48.3 Å². The number of pyridine rings is 2. The molecule has 0 spiro atoms. The Bertz CT molecular complexity index is 944. The molecule has 1 aliphatic rings. The van der Waals surface area contributed by atoms with Crippen molar-refractivity contribution in [3.63, 3.8) is 0 Å². The van der Waals surface area contributed by atoms with Crippen LogP contribution in [0.4, 0.5) is 0 Å². The predicted octanol–water partition coefficient (Wildman–Crippen LogP) is 3.86. The van der Waals surface area contributed by atoms with Crippen LogP contribution in [0.15, 0.2) is 47.2 Å². The minimum Gasteiger partial charge on any atom is -0.392 e. The smallest absolute Gasteiger partial charge is 0.0920 e. The molecule has 134 valence electrons. The Morgan fingerprint density at radius 1 is 1.27 bits per heavy atom. The fraction of sp³-hybridized carbons (Fsp3) is 0.333. The van der Waals surface area contributed by atoms with Crippen molar-refractivity contribution in [1.82, 2.24) is 14.9 Å². The summed E-state index contributed by atoms with van der Waals surface area (Å²) in [4.78, 5) is 11.6. The maximum Gasteiger partial charge on any atom is 0.0920 e. The number of β-amino-alcohol motifs (C(OH)–C–C–N with tert-alkyl or cyclic N) is 1. The zero-order valence-electron chi connectivity index (χ0n) is 14.8. The average molecular weight is 412 g/mol. The molecule has 5 heteroatoms. The van der Waals surface area contributed by atoms with Gasteiger partial charge in [-0.25, -0.2) is 0 Å². The Balaban J connectivity index is 1.61. The Kier molecular flexibility index (Phi) is 5.02. The van der Waals surface area contributed by atoms with Crippen LogP contribution in [0.25, 0.3) is 10.9 Å². The summed E-state index contributed by atoms with van der Waals surface area (Å²) in [5.41, 5.74) is 5.66. The Morgan fingerprint density at radius 2 is 2.15 bits per heavy atom. The number of aliphatic hydroxyl groups is 1. The lowest BCUT2D eigenvalue weighted by Gasteiger charge is -2.15. The molecule has 0 bridgehead atoms. The van der Waals surface area contributed by atoms with Gasteiger partial charge in [-0.15, -0.1) is 0 Å². The van der Waals surface area contributed by atoms with Crippen LogP contribution in [0.3, 0.4) is 0 Å². The van der Waals surface area contributed by atoms with Gasteiger partial charge in [0.1, 0.15) is 0 Å². The summed E-state index contributed by atoms with van der Waals surface area (Å²) in [7, 11) is 0. The molecule has 1 atom stereocenters. The van der Waals surface area contributed by atoms with E-state index in [4.69, 9.17) is 4.98 Å². The summed E-state index contributed by atoms with van der Waals surface area (Å²) in [5, 5.41) is 10.8. The molecule has 3 aromatic rings. The molecule has 0 unspecified atom stereocenters. The van der Waals surface area contributed by atoms with Gasteiger partial charge in [0.05, 0.1) is 17.3 Å². The van der Waals surface area contributed by atoms with E-state index in [0.717, 1.165) is 53.5 Å². The van der Waals surface area contributed by atoms with Gasteiger partial charge >= 0.3 is 0 Å². The summed E-state index contributed by atoms with van der Waals surface area (Å²) < 4.78 is 1.12. The van der Waals surface area contributed by atoms with Gasteiger partial charge in [0.15, 0.2) is 0 Å². The molecule has 4 rings (SSSR count). The number of hydrogen-bond acceptors (Lipinski definition) is 4.